The number of hydrogen-bond acceptors (Lipinski definition) is 5. The Morgan fingerprint density at radius 3 is 3.06 bits per heavy atom. The quantitative estimate of drug-likeness (QED) is 0.779. The van der Waals surface area contributed by atoms with Crippen LogP contribution in [0.3, 0.4) is 0 Å². The van der Waals surface area contributed by atoms with E-state index in [9.17, 15) is 4.79 Å². The molecule has 98 valence electrons. The van der Waals surface area contributed by atoms with Crippen molar-refractivity contribution in [3.05, 3.63) is 23.8 Å². The number of nitrogens with one attached hydrogen (secondary N) is 1. The summed E-state index contributed by atoms with van der Waals surface area (Å²) in [5.74, 6) is -0.992. The predicted octanol–water partition coefficient (Wildman–Crippen LogP) is 0.832. The van der Waals surface area contributed by atoms with E-state index in [-0.39, 0.29) is 5.56 Å². The zero-order chi connectivity index (χ0) is 13.0. The predicted molar refractivity (Wildman–Crippen MR) is 64.3 cm³/mol. The van der Waals surface area contributed by atoms with E-state index < -0.39 is 5.97 Å². The molecule has 1 saturated carbocycles. The molecule has 0 bridgehead atoms. The maximum atomic E-state index is 11.0. The molecule has 1 aromatic rings. The van der Waals surface area contributed by atoms with Crippen LogP contribution in [0.25, 0.3) is 0 Å². The third-order valence-electron chi connectivity index (χ3n) is 3.08. The summed E-state index contributed by atoms with van der Waals surface area (Å²) in [6, 6.07) is 0.387. The zero-order valence-electron chi connectivity index (χ0n) is 10.3. The molecule has 0 saturated heterocycles. The maximum Gasteiger partial charge on any atom is 0.339 e. The normalized spacial score (nSPS) is 22.5. The third kappa shape index (κ3) is 3.02. The SMILES string of the molecule is CCOC1CC(NCc2ncncc2C(=O)O)C1. The van der Waals surface area contributed by atoms with Crippen LogP contribution >= 0.6 is 0 Å². The Morgan fingerprint density at radius 2 is 2.39 bits per heavy atom. The van der Waals surface area contributed by atoms with Crippen molar-refractivity contribution in [2.24, 2.45) is 0 Å². The van der Waals surface area contributed by atoms with E-state index >= 15 is 0 Å². The van der Waals surface area contributed by atoms with Crippen molar-refractivity contribution in [2.45, 2.75) is 38.5 Å². The van der Waals surface area contributed by atoms with Crippen LogP contribution in [0.15, 0.2) is 12.5 Å². The van der Waals surface area contributed by atoms with Gasteiger partial charge in [0, 0.05) is 25.4 Å². The summed E-state index contributed by atoms with van der Waals surface area (Å²) < 4.78 is 5.46. The van der Waals surface area contributed by atoms with Crippen molar-refractivity contribution >= 4 is 5.97 Å². The molecule has 2 N–H and O–H groups in total. The molecule has 1 heterocycles. The van der Waals surface area contributed by atoms with E-state index in [0.717, 1.165) is 19.4 Å². The molecule has 0 aromatic carbocycles. The highest BCUT2D eigenvalue weighted by atomic mass is 16.5. The number of ether oxygens (including phenoxy) is 1. The Labute approximate surface area is 105 Å². The number of carboxylic acid groups (broad SMARTS) is 1. The van der Waals surface area contributed by atoms with Crippen molar-refractivity contribution in [3.8, 4) is 0 Å². The van der Waals surface area contributed by atoms with E-state index in [1.807, 2.05) is 6.92 Å². The minimum atomic E-state index is -0.992. The smallest absolute Gasteiger partial charge is 0.339 e. The Hall–Kier alpha value is -1.53. The molecular weight excluding hydrogens is 234 g/mol. The molecule has 6 heteroatoms. The molecule has 1 aliphatic rings. The number of hydrogen-bond donors (Lipinski definition) is 2. The lowest BCUT2D eigenvalue weighted by Gasteiger charge is -2.35. The highest BCUT2D eigenvalue weighted by Crippen LogP contribution is 2.23. The first-order valence-electron chi connectivity index (χ1n) is 6.07. The van der Waals surface area contributed by atoms with E-state index in [2.05, 4.69) is 15.3 Å². The van der Waals surface area contributed by atoms with Crippen LogP contribution in [0.4, 0.5) is 0 Å². The summed E-state index contributed by atoms with van der Waals surface area (Å²) in [5, 5.41) is 12.3. The number of aromatic carboxylic acids is 1. The molecule has 1 fully saturated rings. The number of rotatable bonds is 6. The van der Waals surface area contributed by atoms with Gasteiger partial charge in [-0.05, 0) is 19.8 Å². The first-order valence-corrected chi connectivity index (χ1v) is 6.07. The van der Waals surface area contributed by atoms with Crippen LogP contribution < -0.4 is 5.32 Å². The average Bonchev–Trinajstić information content (AvgIpc) is 2.32. The van der Waals surface area contributed by atoms with Gasteiger partial charge in [0.1, 0.15) is 11.9 Å². The van der Waals surface area contributed by atoms with Crippen LogP contribution in [-0.2, 0) is 11.3 Å². The lowest BCUT2D eigenvalue weighted by atomic mass is 9.89. The van der Waals surface area contributed by atoms with Crippen LogP contribution in [0, 0.1) is 0 Å². The van der Waals surface area contributed by atoms with Gasteiger partial charge in [0.15, 0.2) is 0 Å². The van der Waals surface area contributed by atoms with Gasteiger partial charge in [-0.1, -0.05) is 0 Å². The fourth-order valence-corrected chi connectivity index (χ4v) is 2.02. The molecule has 0 amide bonds. The van der Waals surface area contributed by atoms with Crippen molar-refractivity contribution in [1.29, 1.82) is 0 Å². The number of carboxylic acids is 1. The molecule has 0 atom stereocenters. The van der Waals surface area contributed by atoms with Crippen LogP contribution in [0.1, 0.15) is 35.8 Å². The largest absolute Gasteiger partial charge is 0.478 e. The lowest BCUT2D eigenvalue weighted by molar-refractivity contribution is -0.0103. The number of aromatic nitrogens is 2. The third-order valence-corrected chi connectivity index (χ3v) is 3.08. The highest BCUT2D eigenvalue weighted by molar-refractivity contribution is 5.88. The van der Waals surface area contributed by atoms with Gasteiger partial charge in [0.05, 0.1) is 11.8 Å². The number of nitrogens with zero attached hydrogens (tertiary/aromatic N) is 2. The summed E-state index contributed by atoms with van der Waals surface area (Å²) in [4.78, 5) is 18.7. The molecule has 0 spiro atoms. The molecule has 1 aromatic heterocycles. The fraction of sp³-hybridized carbons (Fsp3) is 0.583. The molecule has 0 radical (unpaired) electrons. The Balaban J connectivity index is 1.83. The van der Waals surface area contributed by atoms with E-state index in [1.165, 1.54) is 12.5 Å². The zero-order valence-corrected chi connectivity index (χ0v) is 10.3. The van der Waals surface area contributed by atoms with E-state index in [0.29, 0.717) is 24.4 Å². The van der Waals surface area contributed by atoms with Gasteiger partial charge in [-0.3, -0.25) is 0 Å². The molecule has 6 nitrogen and oxygen atoms in total. The maximum absolute atomic E-state index is 11.0. The summed E-state index contributed by atoms with van der Waals surface area (Å²) in [5.41, 5.74) is 0.683. The molecule has 1 aliphatic carbocycles. The van der Waals surface area contributed by atoms with Crippen molar-refractivity contribution in [3.63, 3.8) is 0 Å². The van der Waals surface area contributed by atoms with Crippen LogP contribution in [0.5, 0.6) is 0 Å². The second-order valence-corrected chi connectivity index (χ2v) is 4.31. The van der Waals surface area contributed by atoms with Crippen LogP contribution in [-0.4, -0.2) is 39.8 Å². The molecule has 2 rings (SSSR count). The topological polar surface area (TPSA) is 84.3 Å². The average molecular weight is 251 g/mol. The highest BCUT2D eigenvalue weighted by Gasteiger charge is 2.29. The second kappa shape index (κ2) is 5.88. The van der Waals surface area contributed by atoms with Gasteiger partial charge >= 0.3 is 5.97 Å². The summed E-state index contributed by atoms with van der Waals surface area (Å²) in [7, 11) is 0. The standard InChI is InChI=1S/C12H17N3O3/c1-2-18-9-3-8(4-9)14-6-11-10(12(16)17)5-13-7-15-11/h5,7-9,14H,2-4,6H2,1H3,(H,16,17). The van der Waals surface area contributed by atoms with Gasteiger partial charge in [0.2, 0.25) is 0 Å². The van der Waals surface area contributed by atoms with Gasteiger partial charge in [0.25, 0.3) is 0 Å². The summed E-state index contributed by atoms with van der Waals surface area (Å²) in [6.07, 6.45) is 4.99. The van der Waals surface area contributed by atoms with E-state index in [1.54, 1.807) is 0 Å². The summed E-state index contributed by atoms with van der Waals surface area (Å²) >= 11 is 0. The first kappa shape index (κ1) is 12.9. The van der Waals surface area contributed by atoms with Gasteiger partial charge in [-0.15, -0.1) is 0 Å². The van der Waals surface area contributed by atoms with Gasteiger partial charge in [-0.2, -0.15) is 0 Å². The molecule has 18 heavy (non-hydrogen) atoms. The Kier molecular flexibility index (Phi) is 4.22. The monoisotopic (exact) mass is 251 g/mol. The van der Waals surface area contributed by atoms with Crippen molar-refractivity contribution in [2.75, 3.05) is 6.61 Å². The van der Waals surface area contributed by atoms with Crippen molar-refractivity contribution in [1.82, 2.24) is 15.3 Å². The minimum Gasteiger partial charge on any atom is -0.478 e. The van der Waals surface area contributed by atoms with Crippen LogP contribution in [0.2, 0.25) is 0 Å². The second-order valence-electron chi connectivity index (χ2n) is 4.31. The lowest BCUT2D eigenvalue weighted by Crippen LogP contribution is -2.45. The van der Waals surface area contributed by atoms with E-state index in [4.69, 9.17) is 9.84 Å². The number of carbonyl (C=O) groups is 1. The fourth-order valence-electron chi connectivity index (χ4n) is 2.02. The van der Waals surface area contributed by atoms with Gasteiger partial charge < -0.3 is 15.2 Å². The Morgan fingerprint density at radius 1 is 1.61 bits per heavy atom. The Bertz CT molecular complexity index is 419. The first-order chi connectivity index (χ1) is 8.70. The molecule has 0 unspecified atom stereocenters. The molecular formula is C12H17N3O3. The minimum absolute atomic E-state index is 0.158. The summed E-state index contributed by atoms with van der Waals surface area (Å²) in [6.45, 7) is 3.18. The molecule has 0 aliphatic heterocycles. The van der Waals surface area contributed by atoms with Crippen molar-refractivity contribution < 1.29 is 14.6 Å². The van der Waals surface area contributed by atoms with Gasteiger partial charge in [-0.25, -0.2) is 14.8 Å².